The van der Waals surface area contributed by atoms with Crippen molar-refractivity contribution < 1.29 is 19.2 Å². The topological polar surface area (TPSA) is 148 Å². The zero-order chi connectivity index (χ0) is 28.6. The number of hydrogen-bond donors (Lipinski definition) is 1. The highest BCUT2D eigenvalue weighted by Gasteiger charge is 2.20. The van der Waals surface area contributed by atoms with Crippen LogP contribution < -0.4 is 24.7 Å². The molecule has 2 saturated heterocycles. The molecule has 13 heteroatoms. The fourth-order valence-electron chi connectivity index (χ4n) is 4.77. The zero-order valence-corrected chi connectivity index (χ0v) is 22.9. The number of nitro benzene ring substituents is 1. The first-order valence-corrected chi connectivity index (χ1v) is 13.7. The summed E-state index contributed by atoms with van der Waals surface area (Å²) in [5.74, 6) is 1.57. The van der Waals surface area contributed by atoms with Gasteiger partial charge in [0.1, 0.15) is 0 Å². The molecule has 0 bridgehead atoms. The molecule has 0 radical (unpaired) electrons. The van der Waals surface area contributed by atoms with Gasteiger partial charge in [-0.3, -0.25) is 10.1 Å². The quantitative estimate of drug-likeness (QED) is 0.130. The number of rotatable bonds is 9. The third kappa shape index (κ3) is 7.04. The number of nitrogens with zero attached hydrogens (tertiary/aromatic N) is 7. The highest BCUT2D eigenvalue weighted by molar-refractivity contribution is 5.92. The molecule has 3 heterocycles. The van der Waals surface area contributed by atoms with Crippen LogP contribution in [-0.4, -0.2) is 65.3 Å². The molecule has 2 aliphatic heterocycles. The number of non-ortho nitro benzene ring substituents is 1. The number of carbonyl (C=O) groups excluding carboxylic acids is 1. The van der Waals surface area contributed by atoms with E-state index in [0.29, 0.717) is 29.2 Å². The third-order valence-corrected chi connectivity index (χ3v) is 6.97. The maximum absolute atomic E-state index is 12.6. The van der Waals surface area contributed by atoms with Crippen LogP contribution in [0.25, 0.3) is 0 Å². The number of methoxy groups -OCH3 is 1. The first-order valence-electron chi connectivity index (χ1n) is 13.7. The van der Waals surface area contributed by atoms with E-state index in [4.69, 9.17) is 14.5 Å². The minimum Gasteiger partial charge on any atom is -0.493 e. The van der Waals surface area contributed by atoms with Crippen molar-refractivity contribution in [2.75, 3.05) is 48.5 Å². The largest absolute Gasteiger partial charge is 0.493 e. The van der Waals surface area contributed by atoms with E-state index in [2.05, 4.69) is 30.3 Å². The maximum atomic E-state index is 12.6. The highest BCUT2D eigenvalue weighted by atomic mass is 16.6. The van der Waals surface area contributed by atoms with Gasteiger partial charge in [0.2, 0.25) is 17.8 Å². The number of esters is 1. The van der Waals surface area contributed by atoms with Gasteiger partial charge in [-0.2, -0.15) is 20.1 Å². The predicted molar refractivity (Wildman–Crippen MR) is 154 cm³/mol. The Kier molecular flexibility index (Phi) is 8.82. The number of ether oxygens (including phenoxy) is 2. The summed E-state index contributed by atoms with van der Waals surface area (Å²) in [4.78, 5) is 41.3. The summed E-state index contributed by atoms with van der Waals surface area (Å²) in [5, 5.41) is 15.2. The van der Waals surface area contributed by atoms with Crippen molar-refractivity contribution in [2.45, 2.75) is 38.5 Å². The Morgan fingerprint density at radius 3 is 2.07 bits per heavy atom. The second kappa shape index (κ2) is 13.0. The number of nitrogens with one attached hydrogen (secondary N) is 1. The molecule has 0 saturated carbocycles. The second-order valence-corrected chi connectivity index (χ2v) is 9.83. The minimum absolute atomic E-state index is 0.112. The summed E-state index contributed by atoms with van der Waals surface area (Å²) in [6.45, 7) is 3.69. The fraction of sp³-hybridized carbons (Fsp3) is 0.393. The van der Waals surface area contributed by atoms with E-state index in [0.717, 1.165) is 51.9 Å². The average Bonchev–Trinajstić information content (AvgIpc) is 3.02. The highest BCUT2D eigenvalue weighted by Crippen LogP contribution is 2.29. The number of nitro groups is 1. The lowest BCUT2D eigenvalue weighted by molar-refractivity contribution is -0.384. The second-order valence-electron chi connectivity index (χ2n) is 9.83. The Labute approximate surface area is 237 Å². The predicted octanol–water partition coefficient (Wildman–Crippen LogP) is 4.43. The number of piperidine rings is 2. The van der Waals surface area contributed by atoms with Crippen LogP contribution in [0.2, 0.25) is 0 Å². The molecule has 0 atom stereocenters. The molecule has 2 aliphatic rings. The summed E-state index contributed by atoms with van der Waals surface area (Å²) in [7, 11) is 1.47. The summed E-state index contributed by atoms with van der Waals surface area (Å²) < 4.78 is 10.9. The van der Waals surface area contributed by atoms with Crippen LogP contribution in [0.4, 0.5) is 23.5 Å². The SMILES string of the molecule is COc1cc(/C=N\Nc2nc(N3CCCCC3)nc(N3CCCCC3)n2)ccc1OC(=O)c1ccc([N+](=O)[O-])cc1. The molecule has 5 rings (SSSR count). The van der Waals surface area contributed by atoms with Crippen LogP contribution in [0, 0.1) is 10.1 Å². The fourth-order valence-corrected chi connectivity index (χ4v) is 4.77. The maximum Gasteiger partial charge on any atom is 0.343 e. The lowest BCUT2D eigenvalue weighted by Crippen LogP contribution is -2.34. The van der Waals surface area contributed by atoms with Gasteiger partial charge in [-0.25, -0.2) is 10.2 Å². The Morgan fingerprint density at radius 1 is 0.902 bits per heavy atom. The molecular formula is C28H32N8O5. The number of benzene rings is 2. The van der Waals surface area contributed by atoms with Gasteiger partial charge in [-0.1, -0.05) is 0 Å². The Morgan fingerprint density at radius 2 is 1.51 bits per heavy atom. The Bertz CT molecular complexity index is 1370. The third-order valence-electron chi connectivity index (χ3n) is 6.97. The number of aromatic nitrogens is 3. The van der Waals surface area contributed by atoms with Crippen molar-refractivity contribution in [3.05, 3.63) is 63.7 Å². The molecule has 3 aromatic rings. The van der Waals surface area contributed by atoms with Crippen molar-refractivity contribution in [2.24, 2.45) is 5.10 Å². The lowest BCUT2D eigenvalue weighted by Gasteiger charge is -2.30. The van der Waals surface area contributed by atoms with Gasteiger partial charge < -0.3 is 19.3 Å². The number of hydrogen-bond acceptors (Lipinski definition) is 12. The van der Waals surface area contributed by atoms with Crippen molar-refractivity contribution >= 4 is 35.7 Å². The lowest BCUT2D eigenvalue weighted by atomic mass is 10.1. The van der Waals surface area contributed by atoms with Crippen LogP contribution in [0.15, 0.2) is 47.6 Å². The summed E-state index contributed by atoms with van der Waals surface area (Å²) in [6, 6.07) is 10.2. The van der Waals surface area contributed by atoms with E-state index < -0.39 is 10.9 Å². The Balaban J connectivity index is 1.28. The van der Waals surface area contributed by atoms with E-state index in [1.807, 2.05) is 0 Å². The molecule has 1 N–H and O–H groups in total. The van der Waals surface area contributed by atoms with Gasteiger partial charge in [-0.15, -0.1) is 0 Å². The Hall–Kier alpha value is -4.81. The molecule has 214 valence electrons. The molecule has 41 heavy (non-hydrogen) atoms. The van der Waals surface area contributed by atoms with E-state index in [1.54, 1.807) is 24.4 Å². The number of anilines is 3. The molecule has 2 fully saturated rings. The van der Waals surface area contributed by atoms with Crippen molar-refractivity contribution in [1.82, 2.24) is 15.0 Å². The van der Waals surface area contributed by atoms with Crippen LogP contribution in [-0.2, 0) is 0 Å². The smallest absolute Gasteiger partial charge is 0.343 e. The molecule has 0 spiro atoms. The zero-order valence-electron chi connectivity index (χ0n) is 22.9. The summed E-state index contributed by atoms with van der Waals surface area (Å²) in [6.07, 6.45) is 8.50. The van der Waals surface area contributed by atoms with Crippen LogP contribution in [0.1, 0.15) is 54.4 Å². The van der Waals surface area contributed by atoms with Crippen molar-refractivity contribution in [1.29, 1.82) is 0 Å². The van der Waals surface area contributed by atoms with E-state index >= 15 is 0 Å². The van der Waals surface area contributed by atoms with Gasteiger partial charge in [0.15, 0.2) is 11.5 Å². The van der Waals surface area contributed by atoms with Gasteiger partial charge in [-0.05, 0) is 74.4 Å². The number of carbonyl (C=O) groups is 1. The molecule has 0 unspecified atom stereocenters. The summed E-state index contributed by atoms with van der Waals surface area (Å²) in [5.41, 5.74) is 3.70. The van der Waals surface area contributed by atoms with E-state index in [1.165, 1.54) is 44.2 Å². The van der Waals surface area contributed by atoms with Crippen LogP contribution >= 0.6 is 0 Å². The standard InChI is InChI=1S/C28H32N8O5/c1-40-24-18-20(8-13-23(24)41-25(37)21-9-11-22(12-10-21)36(38)39)19-29-33-26-30-27(34-14-4-2-5-15-34)32-28(31-26)35-16-6-3-7-17-35/h8-13,18-19H,2-7,14-17H2,1H3,(H,30,31,32,33)/b29-19-. The van der Waals surface area contributed by atoms with Gasteiger partial charge in [0.05, 0.1) is 23.8 Å². The van der Waals surface area contributed by atoms with Crippen LogP contribution in [0.5, 0.6) is 11.5 Å². The van der Waals surface area contributed by atoms with Gasteiger partial charge in [0.25, 0.3) is 5.69 Å². The van der Waals surface area contributed by atoms with Gasteiger partial charge in [0, 0.05) is 38.3 Å². The van der Waals surface area contributed by atoms with Gasteiger partial charge >= 0.3 is 5.97 Å². The average molecular weight is 561 g/mol. The molecule has 0 aliphatic carbocycles. The molecular weight excluding hydrogens is 528 g/mol. The first-order chi connectivity index (χ1) is 20.0. The normalized spacial score (nSPS) is 15.5. The number of hydrazone groups is 1. The molecule has 1 aromatic heterocycles. The minimum atomic E-state index is -0.662. The summed E-state index contributed by atoms with van der Waals surface area (Å²) >= 11 is 0. The van der Waals surface area contributed by atoms with Crippen LogP contribution in [0.3, 0.4) is 0 Å². The molecule has 2 aromatic carbocycles. The van der Waals surface area contributed by atoms with E-state index in [-0.39, 0.29) is 17.0 Å². The molecule has 13 nitrogen and oxygen atoms in total. The molecule has 0 amide bonds. The monoisotopic (exact) mass is 560 g/mol. The van der Waals surface area contributed by atoms with E-state index in [9.17, 15) is 14.9 Å². The first kappa shape index (κ1) is 27.7. The van der Waals surface area contributed by atoms with Crippen molar-refractivity contribution in [3.8, 4) is 11.5 Å². The van der Waals surface area contributed by atoms with Crippen molar-refractivity contribution in [3.63, 3.8) is 0 Å².